The maximum atomic E-state index is 11.2. The molecule has 0 aromatic heterocycles. The quantitative estimate of drug-likeness (QED) is 0.647. The molecule has 0 radical (unpaired) electrons. The van der Waals surface area contributed by atoms with E-state index in [2.05, 4.69) is 23.9 Å². The third kappa shape index (κ3) is 3.43. The zero-order chi connectivity index (χ0) is 12.3. The van der Waals surface area contributed by atoms with E-state index in [9.17, 15) is 4.79 Å². The molecule has 1 amide bonds. The van der Waals surface area contributed by atoms with Gasteiger partial charge in [0.25, 0.3) is 0 Å². The summed E-state index contributed by atoms with van der Waals surface area (Å²) in [6.45, 7) is 4.29. The minimum absolute atomic E-state index is 0.428. The summed E-state index contributed by atoms with van der Waals surface area (Å²) in [6, 6.07) is 0.497. The van der Waals surface area contributed by atoms with Crippen molar-refractivity contribution < 1.29 is 4.79 Å². The first-order chi connectivity index (χ1) is 7.33. The Kier molecular flexibility index (Phi) is 4.29. The van der Waals surface area contributed by atoms with E-state index in [1.165, 1.54) is 12.8 Å². The van der Waals surface area contributed by atoms with E-state index >= 15 is 0 Å². The molecule has 0 spiro atoms. The molecule has 1 heterocycles. The van der Waals surface area contributed by atoms with E-state index in [1.54, 1.807) is 6.92 Å². The van der Waals surface area contributed by atoms with Gasteiger partial charge in [0.05, 0.1) is 0 Å². The van der Waals surface area contributed by atoms with Crippen LogP contribution in [0.1, 0.15) is 19.8 Å². The largest absolute Gasteiger partial charge is 0.368 e. The summed E-state index contributed by atoms with van der Waals surface area (Å²) in [5, 5.41) is 0. The molecule has 5 heteroatoms. The van der Waals surface area contributed by atoms with Crippen LogP contribution in [-0.4, -0.2) is 61.0 Å². The number of rotatable bonds is 5. The third-order valence-electron chi connectivity index (χ3n) is 3.17. The van der Waals surface area contributed by atoms with Gasteiger partial charge < -0.3 is 16.4 Å². The van der Waals surface area contributed by atoms with Crippen LogP contribution in [0.3, 0.4) is 0 Å². The minimum Gasteiger partial charge on any atom is -0.368 e. The average Bonchev–Trinajstić information content (AvgIpc) is 2.50. The SMILES string of the molecule is CN(C)CC1CCCN1CC(C)(N)C(N)=O. The monoisotopic (exact) mass is 228 g/mol. The fourth-order valence-corrected chi connectivity index (χ4v) is 2.23. The number of nitrogens with two attached hydrogens (primary N) is 2. The second kappa shape index (κ2) is 5.12. The van der Waals surface area contributed by atoms with Crippen LogP contribution >= 0.6 is 0 Å². The van der Waals surface area contributed by atoms with E-state index in [0.29, 0.717) is 12.6 Å². The summed E-state index contributed by atoms with van der Waals surface area (Å²) in [4.78, 5) is 15.6. The number of hydrogen-bond donors (Lipinski definition) is 2. The van der Waals surface area contributed by atoms with Gasteiger partial charge in [-0.3, -0.25) is 9.69 Å². The van der Waals surface area contributed by atoms with E-state index in [0.717, 1.165) is 13.1 Å². The molecule has 2 unspecified atom stereocenters. The highest BCUT2D eigenvalue weighted by Gasteiger charge is 2.33. The Hall–Kier alpha value is -0.650. The van der Waals surface area contributed by atoms with Crippen LogP contribution in [-0.2, 0) is 4.79 Å². The van der Waals surface area contributed by atoms with Gasteiger partial charge in [-0.15, -0.1) is 0 Å². The van der Waals surface area contributed by atoms with Crippen molar-refractivity contribution >= 4 is 5.91 Å². The Morgan fingerprint density at radius 3 is 2.69 bits per heavy atom. The van der Waals surface area contributed by atoms with Crippen molar-refractivity contribution in [1.29, 1.82) is 0 Å². The van der Waals surface area contributed by atoms with E-state index in [1.807, 2.05) is 0 Å². The van der Waals surface area contributed by atoms with Gasteiger partial charge in [-0.05, 0) is 40.4 Å². The van der Waals surface area contributed by atoms with Gasteiger partial charge in [0.2, 0.25) is 5.91 Å². The summed E-state index contributed by atoms with van der Waals surface area (Å²) < 4.78 is 0. The van der Waals surface area contributed by atoms with Crippen LogP contribution in [0.4, 0.5) is 0 Å². The van der Waals surface area contributed by atoms with Crippen molar-refractivity contribution in [3.8, 4) is 0 Å². The zero-order valence-corrected chi connectivity index (χ0v) is 10.6. The summed E-state index contributed by atoms with van der Waals surface area (Å²) in [6.07, 6.45) is 2.35. The number of likely N-dealkylation sites (N-methyl/N-ethyl adjacent to an activating group) is 1. The van der Waals surface area contributed by atoms with Crippen LogP contribution in [0.25, 0.3) is 0 Å². The first kappa shape index (κ1) is 13.4. The number of nitrogens with zero attached hydrogens (tertiary/aromatic N) is 2. The normalized spacial score (nSPS) is 25.9. The number of amides is 1. The lowest BCUT2D eigenvalue weighted by Crippen LogP contribution is -2.58. The molecule has 0 bridgehead atoms. The fourth-order valence-electron chi connectivity index (χ4n) is 2.23. The molecule has 1 saturated heterocycles. The van der Waals surface area contributed by atoms with E-state index < -0.39 is 11.4 Å². The van der Waals surface area contributed by atoms with Crippen LogP contribution in [0.2, 0.25) is 0 Å². The van der Waals surface area contributed by atoms with Gasteiger partial charge in [0.1, 0.15) is 5.54 Å². The molecule has 5 nitrogen and oxygen atoms in total. The van der Waals surface area contributed by atoms with Crippen molar-refractivity contribution in [2.75, 3.05) is 33.7 Å². The van der Waals surface area contributed by atoms with Gasteiger partial charge in [0, 0.05) is 19.1 Å². The zero-order valence-electron chi connectivity index (χ0n) is 10.6. The first-order valence-corrected chi connectivity index (χ1v) is 5.80. The highest BCUT2D eigenvalue weighted by Crippen LogP contribution is 2.19. The van der Waals surface area contributed by atoms with Crippen molar-refractivity contribution in [3.63, 3.8) is 0 Å². The van der Waals surface area contributed by atoms with Gasteiger partial charge in [0.15, 0.2) is 0 Å². The molecule has 1 aliphatic heterocycles. The molecule has 1 fully saturated rings. The molecule has 0 saturated carbocycles. The fraction of sp³-hybridized carbons (Fsp3) is 0.909. The number of hydrogen-bond acceptors (Lipinski definition) is 4. The number of primary amides is 1. The molecule has 1 aliphatic rings. The van der Waals surface area contributed by atoms with Gasteiger partial charge in [-0.2, -0.15) is 0 Å². The number of likely N-dealkylation sites (tertiary alicyclic amines) is 1. The summed E-state index contributed by atoms with van der Waals surface area (Å²) >= 11 is 0. The highest BCUT2D eigenvalue weighted by molar-refractivity contribution is 5.84. The van der Waals surface area contributed by atoms with Crippen molar-refractivity contribution in [3.05, 3.63) is 0 Å². The number of carbonyl (C=O) groups excluding carboxylic acids is 1. The lowest BCUT2D eigenvalue weighted by molar-refractivity contribution is -0.123. The first-order valence-electron chi connectivity index (χ1n) is 5.80. The molecule has 16 heavy (non-hydrogen) atoms. The standard InChI is InChI=1S/C11H24N4O/c1-11(13,10(12)16)8-15-6-4-5-9(15)7-14(2)3/h9H,4-8,13H2,1-3H3,(H2,12,16). The summed E-state index contributed by atoms with van der Waals surface area (Å²) in [5.41, 5.74) is 10.3. The summed E-state index contributed by atoms with van der Waals surface area (Å²) in [7, 11) is 4.12. The maximum Gasteiger partial charge on any atom is 0.238 e. The lowest BCUT2D eigenvalue weighted by Gasteiger charge is -2.32. The van der Waals surface area contributed by atoms with Crippen LogP contribution in [0.15, 0.2) is 0 Å². The third-order valence-corrected chi connectivity index (χ3v) is 3.17. The second-order valence-corrected chi connectivity index (χ2v) is 5.31. The van der Waals surface area contributed by atoms with Crippen molar-refractivity contribution in [1.82, 2.24) is 9.80 Å². The predicted molar refractivity (Wildman–Crippen MR) is 64.9 cm³/mol. The minimum atomic E-state index is -0.922. The maximum absolute atomic E-state index is 11.2. The van der Waals surface area contributed by atoms with E-state index in [-0.39, 0.29) is 0 Å². The number of carbonyl (C=O) groups is 1. The summed E-state index contributed by atoms with van der Waals surface area (Å²) in [5.74, 6) is -0.428. The Morgan fingerprint density at radius 2 is 2.19 bits per heavy atom. The van der Waals surface area contributed by atoms with Gasteiger partial charge in [-0.1, -0.05) is 0 Å². The second-order valence-electron chi connectivity index (χ2n) is 5.31. The molecule has 94 valence electrons. The molecular formula is C11H24N4O. The smallest absolute Gasteiger partial charge is 0.238 e. The molecule has 0 aromatic carbocycles. The molecule has 4 N–H and O–H groups in total. The predicted octanol–water partition coefficient (Wildman–Crippen LogP) is -0.785. The molecule has 2 atom stereocenters. The molecule has 0 aromatic rings. The average molecular weight is 228 g/mol. The van der Waals surface area contributed by atoms with Gasteiger partial charge in [-0.25, -0.2) is 0 Å². The Morgan fingerprint density at radius 1 is 1.56 bits per heavy atom. The van der Waals surface area contributed by atoms with Crippen LogP contribution in [0.5, 0.6) is 0 Å². The lowest BCUT2D eigenvalue weighted by atomic mass is 10.0. The van der Waals surface area contributed by atoms with Gasteiger partial charge >= 0.3 is 0 Å². The van der Waals surface area contributed by atoms with Crippen molar-refractivity contribution in [2.45, 2.75) is 31.3 Å². The molecule has 1 rings (SSSR count). The Labute approximate surface area is 97.7 Å². The van der Waals surface area contributed by atoms with E-state index in [4.69, 9.17) is 11.5 Å². The Bertz CT molecular complexity index is 252. The highest BCUT2D eigenvalue weighted by atomic mass is 16.1. The van der Waals surface area contributed by atoms with Crippen molar-refractivity contribution in [2.24, 2.45) is 11.5 Å². The molecular weight excluding hydrogens is 204 g/mol. The van der Waals surface area contributed by atoms with Crippen LogP contribution < -0.4 is 11.5 Å². The Balaban J connectivity index is 2.56. The topological polar surface area (TPSA) is 75.6 Å². The van der Waals surface area contributed by atoms with Crippen LogP contribution in [0, 0.1) is 0 Å². The molecule has 0 aliphatic carbocycles.